The third-order valence-electron chi connectivity index (χ3n) is 2.50. The normalized spacial score (nSPS) is 12.6. The highest BCUT2D eigenvalue weighted by molar-refractivity contribution is 5.09. The number of rotatable bonds is 4. The molecular formula is C13H16N2O. The van der Waals surface area contributed by atoms with Gasteiger partial charge in [-0.2, -0.15) is 0 Å². The Kier molecular flexibility index (Phi) is 3.37. The van der Waals surface area contributed by atoms with E-state index in [2.05, 4.69) is 17.2 Å². The lowest BCUT2D eigenvalue weighted by Crippen LogP contribution is -2.18. The van der Waals surface area contributed by atoms with E-state index in [0.717, 1.165) is 23.8 Å². The Morgan fingerprint density at radius 3 is 2.81 bits per heavy atom. The topological polar surface area (TPSA) is 38.1 Å². The van der Waals surface area contributed by atoms with Gasteiger partial charge in [0, 0.05) is 12.7 Å². The van der Waals surface area contributed by atoms with Gasteiger partial charge in [-0.3, -0.25) is 4.98 Å². The van der Waals surface area contributed by atoms with Gasteiger partial charge in [-0.25, -0.2) is 0 Å². The van der Waals surface area contributed by atoms with Gasteiger partial charge in [0.15, 0.2) is 0 Å². The maximum atomic E-state index is 5.55. The summed E-state index contributed by atoms with van der Waals surface area (Å²) in [4.78, 5) is 4.26. The first-order chi connectivity index (χ1) is 7.75. The zero-order chi connectivity index (χ0) is 11.4. The molecule has 0 aliphatic heterocycles. The van der Waals surface area contributed by atoms with E-state index in [1.165, 1.54) is 0 Å². The Bertz CT molecular complexity index is 436. The maximum Gasteiger partial charge on any atom is 0.120 e. The van der Waals surface area contributed by atoms with E-state index < -0.39 is 0 Å². The van der Waals surface area contributed by atoms with Crippen LogP contribution in [0.2, 0.25) is 0 Å². The molecule has 3 heteroatoms. The molecule has 1 atom stereocenters. The van der Waals surface area contributed by atoms with Crippen molar-refractivity contribution in [1.82, 2.24) is 10.3 Å². The van der Waals surface area contributed by atoms with Gasteiger partial charge in [-0.15, -0.1) is 0 Å². The summed E-state index contributed by atoms with van der Waals surface area (Å²) in [6.45, 7) is 4.79. The SMILES string of the molecule is Cc1ccc(C(C)NCc2ccccn2)o1. The molecule has 0 amide bonds. The zero-order valence-electron chi connectivity index (χ0n) is 9.60. The van der Waals surface area contributed by atoms with Crippen LogP contribution in [-0.2, 0) is 6.54 Å². The van der Waals surface area contributed by atoms with Crippen molar-refractivity contribution in [3.63, 3.8) is 0 Å². The summed E-state index contributed by atoms with van der Waals surface area (Å²) < 4.78 is 5.55. The summed E-state index contributed by atoms with van der Waals surface area (Å²) in [5.41, 5.74) is 1.04. The Hall–Kier alpha value is -1.61. The second kappa shape index (κ2) is 4.94. The van der Waals surface area contributed by atoms with Crippen molar-refractivity contribution < 1.29 is 4.42 Å². The van der Waals surface area contributed by atoms with Crippen LogP contribution in [0.3, 0.4) is 0 Å². The van der Waals surface area contributed by atoms with Crippen LogP contribution in [0.5, 0.6) is 0 Å². The third kappa shape index (κ3) is 2.70. The van der Waals surface area contributed by atoms with Crippen LogP contribution in [0.25, 0.3) is 0 Å². The number of nitrogens with one attached hydrogen (secondary N) is 1. The van der Waals surface area contributed by atoms with E-state index in [0.29, 0.717) is 0 Å². The van der Waals surface area contributed by atoms with Crippen molar-refractivity contribution >= 4 is 0 Å². The highest BCUT2D eigenvalue weighted by Gasteiger charge is 2.08. The highest BCUT2D eigenvalue weighted by atomic mass is 16.3. The number of hydrogen-bond donors (Lipinski definition) is 1. The number of nitrogens with zero attached hydrogens (tertiary/aromatic N) is 1. The van der Waals surface area contributed by atoms with Crippen molar-refractivity contribution in [3.05, 3.63) is 53.7 Å². The highest BCUT2D eigenvalue weighted by Crippen LogP contribution is 2.15. The first kappa shape index (κ1) is 10.9. The zero-order valence-corrected chi connectivity index (χ0v) is 9.60. The monoisotopic (exact) mass is 216 g/mol. The molecule has 0 fully saturated rings. The van der Waals surface area contributed by atoms with Gasteiger partial charge >= 0.3 is 0 Å². The molecule has 0 spiro atoms. The summed E-state index contributed by atoms with van der Waals surface area (Å²) in [5.74, 6) is 1.91. The minimum atomic E-state index is 0.204. The van der Waals surface area contributed by atoms with Gasteiger partial charge in [0.1, 0.15) is 11.5 Å². The first-order valence-electron chi connectivity index (χ1n) is 5.45. The summed E-state index contributed by atoms with van der Waals surface area (Å²) in [7, 11) is 0. The van der Waals surface area contributed by atoms with Crippen molar-refractivity contribution in [3.8, 4) is 0 Å². The average molecular weight is 216 g/mol. The van der Waals surface area contributed by atoms with E-state index in [1.807, 2.05) is 37.3 Å². The van der Waals surface area contributed by atoms with E-state index >= 15 is 0 Å². The fraction of sp³-hybridized carbons (Fsp3) is 0.308. The van der Waals surface area contributed by atoms with Gasteiger partial charge in [-0.1, -0.05) is 6.07 Å². The Morgan fingerprint density at radius 2 is 2.19 bits per heavy atom. The molecule has 2 heterocycles. The Labute approximate surface area is 95.5 Å². The summed E-state index contributed by atoms with van der Waals surface area (Å²) in [6, 6.07) is 10.1. The van der Waals surface area contributed by atoms with Gasteiger partial charge in [0.25, 0.3) is 0 Å². The lowest BCUT2D eigenvalue weighted by Gasteiger charge is -2.10. The summed E-state index contributed by atoms with van der Waals surface area (Å²) in [6.07, 6.45) is 1.80. The van der Waals surface area contributed by atoms with E-state index in [4.69, 9.17) is 4.42 Å². The summed E-state index contributed by atoms with van der Waals surface area (Å²) >= 11 is 0. The first-order valence-corrected chi connectivity index (χ1v) is 5.45. The Morgan fingerprint density at radius 1 is 1.31 bits per heavy atom. The standard InChI is InChI=1S/C13H16N2O/c1-10-6-7-13(16-10)11(2)15-9-12-5-3-4-8-14-12/h3-8,11,15H,9H2,1-2H3. The van der Waals surface area contributed by atoms with Crippen LogP contribution in [-0.4, -0.2) is 4.98 Å². The second-order valence-electron chi connectivity index (χ2n) is 3.87. The predicted octanol–water partition coefficient (Wildman–Crippen LogP) is 2.83. The third-order valence-corrected chi connectivity index (χ3v) is 2.50. The number of aryl methyl sites for hydroxylation is 1. The van der Waals surface area contributed by atoms with Crippen LogP contribution in [0.4, 0.5) is 0 Å². The number of pyridine rings is 1. The molecule has 1 N–H and O–H groups in total. The molecule has 1 unspecified atom stereocenters. The Balaban J connectivity index is 1.91. The average Bonchev–Trinajstić information content (AvgIpc) is 2.74. The molecular weight excluding hydrogens is 200 g/mol. The van der Waals surface area contributed by atoms with E-state index in [1.54, 1.807) is 6.20 Å². The molecule has 16 heavy (non-hydrogen) atoms. The van der Waals surface area contributed by atoms with Crippen LogP contribution in [0.1, 0.15) is 30.2 Å². The molecule has 0 aliphatic rings. The molecule has 2 rings (SSSR count). The minimum Gasteiger partial charge on any atom is -0.465 e. The van der Waals surface area contributed by atoms with Crippen LogP contribution >= 0.6 is 0 Å². The fourth-order valence-corrected chi connectivity index (χ4v) is 1.55. The fourth-order valence-electron chi connectivity index (χ4n) is 1.55. The quantitative estimate of drug-likeness (QED) is 0.854. The molecule has 84 valence electrons. The van der Waals surface area contributed by atoms with E-state index in [9.17, 15) is 0 Å². The van der Waals surface area contributed by atoms with Crippen molar-refractivity contribution in [2.45, 2.75) is 26.4 Å². The molecule has 0 radical (unpaired) electrons. The minimum absolute atomic E-state index is 0.204. The van der Waals surface area contributed by atoms with Gasteiger partial charge in [0.2, 0.25) is 0 Å². The van der Waals surface area contributed by atoms with Gasteiger partial charge < -0.3 is 9.73 Å². The van der Waals surface area contributed by atoms with Crippen LogP contribution in [0.15, 0.2) is 40.9 Å². The maximum absolute atomic E-state index is 5.55. The molecule has 2 aromatic heterocycles. The van der Waals surface area contributed by atoms with Crippen LogP contribution < -0.4 is 5.32 Å². The number of aromatic nitrogens is 1. The molecule has 0 saturated heterocycles. The lowest BCUT2D eigenvalue weighted by atomic mass is 10.2. The smallest absolute Gasteiger partial charge is 0.120 e. The van der Waals surface area contributed by atoms with Gasteiger partial charge in [0.05, 0.1) is 11.7 Å². The predicted molar refractivity (Wildman–Crippen MR) is 62.9 cm³/mol. The number of hydrogen-bond acceptors (Lipinski definition) is 3. The molecule has 0 bridgehead atoms. The van der Waals surface area contributed by atoms with Crippen LogP contribution in [0, 0.1) is 6.92 Å². The number of furan rings is 1. The van der Waals surface area contributed by atoms with E-state index in [-0.39, 0.29) is 6.04 Å². The summed E-state index contributed by atoms with van der Waals surface area (Å²) in [5, 5.41) is 3.37. The molecule has 3 nitrogen and oxygen atoms in total. The molecule has 0 saturated carbocycles. The van der Waals surface area contributed by atoms with Crippen molar-refractivity contribution in [2.75, 3.05) is 0 Å². The largest absolute Gasteiger partial charge is 0.465 e. The molecule has 2 aromatic rings. The van der Waals surface area contributed by atoms with Crippen molar-refractivity contribution in [2.24, 2.45) is 0 Å². The molecule has 0 aromatic carbocycles. The van der Waals surface area contributed by atoms with Crippen molar-refractivity contribution in [1.29, 1.82) is 0 Å². The second-order valence-corrected chi connectivity index (χ2v) is 3.87. The van der Waals surface area contributed by atoms with Gasteiger partial charge in [-0.05, 0) is 38.1 Å². The lowest BCUT2D eigenvalue weighted by molar-refractivity contribution is 0.414. The molecule has 0 aliphatic carbocycles.